The molecule has 1 aromatic heterocycles. The van der Waals surface area contributed by atoms with Crippen molar-refractivity contribution in [3.8, 4) is 11.5 Å². The lowest BCUT2D eigenvalue weighted by atomic mass is 10.0. The van der Waals surface area contributed by atoms with E-state index in [1.54, 1.807) is 11.3 Å². The number of hydrogen-bond acceptors (Lipinski definition) is 3. The second-order valence-corrected chi connectivity index (χ2v) is 7.54. The molecule has 4 rings (SSSR count). The van der Waals surface area contributed by atoms with Crippen molar-refractivity contribution in [2.24, 2.45) is 4.99 Å². The first-order chi connectivity index (χ1) is 12.2. The summed E-state index contributed by atoms with van der Waals surface area (Å²) < 4.78 is 5.90. The molecule has 0 amide bonds. The van der Waals surface area contributed by atoms with E-state index < -0.39 is 0 Å². The van der Waals surface area contributed by atoms with Gasteiger partial charge in [-0.1, -0.05) is 41.4 Å². The molecule has 2 aromatic carbocycles. The maximum atomic E-state index is 6.23. The summed E-state index contributed by atoms with van der Waals surface area (Å²) in [4.78, 5) is 6.00. The molecule has 1 unspecified atom stereocenters. The third-order valence-corrected chi connectivity index (χ3v) is 5.76. The fraction of sp³-hybridized carbons (Fsp3) is 0.190. The van der Waals surface area contributed by atoms with Gasteiger partial charge in [-0.3, -0.25) is 4.99 Å². The van der Waals surface area contributed by atoms with Crippen LogP contribution in [0.1, 0.15) is 34.9 Å². The number of ether oxygens (including phenoxy) is 1. The zero-order chi connectivity index (χ0) is 17.2. The van der Waals surface area contributed by atoms with Gasteiger partial charge in [0.2, 0.25) is 0 Å². The number of aliphatic imine (C=N–C) groups is 1. The summed E-state index contributed by atoms with van der Waals surface area (Å²) in [7, 11) is 0. The van der Waals surface area contributed by atoms with Crippen molar-refractivity contribution in [2.75, 3.05) is 0 Å². The number of hydrogen-bond donors (Lipinski definition) is 0. The van der Waals surface area contributed by atoms with Crippen molar-refractivity contribution in [1.82, 2.24) is 0 Å². The lowest BCUT2D eigenvalue weighted by molar-refractivity contribution is 0.482. The van der Waals surface area contributed by atoms with Gasteiger partial charge in [-0.15, -0.1) is 11.3 Å². The molecule has 4 heteroatoms. The van der Waals surface area contributed by atoms with Crippen molar-refractivity contribution in [2.45, 2.75) is 25.8 Å². The molecule has 0 bridgehead atoms. The van der Waals surface area contributed by atoms with E-state index in [1.807, 2.05) is 47.8 Å². The summed E-state index contributed by atoms with van der Waals surface area (Å²) in [6, 6.07) is 18.5. The van der Waals surface area contributed by atoms with Crippen LogP contribution in [-0.4, -0.2) is 5.71 Å². The average molecular weight is 368 g/mol. The lowest BCUT2D eigenvalue weighted by Crippen LogP contribution is -1.92. The largest absolute Gasteiger partial charge is 0.457 e. The average Bonchev–Trinajstić information content (AvgIpc) is 3.26. The molecule has 0 radical (unpaired) electrons. The zero-order valence-corrected chi connectivity index (χ0v) is 15.5. The fourth-order valence-corrected chi connectivity index (χ4v) is 4.20. The molecule has 126 valence electrons. The maximum absolute atomic E-state index is 6.23. The summed E-state index contributed by atoms with van der Waals surface area (Å²) in [5.41, 5.74) is 3.58. The molecule has 1 aliphatic heterocycles. The lowest BCUT2D eigenvalue weighted by Gasteiger charge is -2.09. The number of aryl methyl sites for hydroxylation is 1. The fourth-order valence-electron chi connectivity index (χ4n) is 3.00. The van der Waals surface area contributed by atoms with Crippen LogP contribution in [0.3, 0.4) is 0 Å². The van der Waals surface area contributed by atoms with Crippen LogP contribution >= 0.6 is 22.9 Å². The van der Waals surface area contributed by atoms with Crippen molar-refractivity contribution in [3.63, 3.8) is 0 Å². The molecule has 0 N–H and O–H groups in total. The van der Waals surface area contributed by atoms with Crippen LogP contribution in [0.15, 0.2) is 65.0 Å². The van der Waals surface area contributed by atoms with Crippen molar-refractivity contribution in [1.29, 1.82) is 0 Å². The van der Waals surface area contributed by atoms with Gasteiger partial charge in [0.25, 0.3) is 0 Å². The molecule has 0 spiro atoms. The molecule has 0 fully saturated rings. The summed E-state index contributed by atoms with van der Waals surface area (Å²) in [5.74, 6) is 1.70. The van der Waals surface area contributed by atoms with Crippen LogP contribution in [0, 0.1) is 6.92 Å². The van der Waals surface area contributed by atoms with Crippen LogP contribution in [0.5, 0.6) is 11.5 Å². The van der Waals surface area contributed by atoms with E-state index in [0.29, 0.717) is 0 Å². The van der Waals surface area contributed by atoms with E-state index >= 15 is 0 Å². The van der Waals surface area contributed by atoms with E-state index in [2.05, 4.69) is 19.1 Å². The molecular formula is C21H18ClNOS. The van der Waals surface area contributed by atoms with Crippen LogP contribution in [0.4, 0.5) is 0 Å². The van der Waals surface area contributed by atoms with Crippen molar-refractivity contribution in [3.05, 3.63) is 81.0 Å². The minimum atomic E-state index is 0.210. The van der Waals surface area contributed by atoms with Crippen molar-refractivity contribution >= 4 is 28.6 Å². The second-order valence-electron chi connectivity index (χ2n) is 6.21. The second kappa shape index (κ2) is 7.03. The first-order valence-corrected chi connectivity index (χ1v) is 9.59. The molecule has 0 aliphatic carbocycles. The van der Waals surface area contributed by atoms with Gasteiger partial charge in [-0.25, -0.2) is 0 Å². The number of nitrogens with zero attached hydrogens (tertiary/aromatic N) is 1. The topological polar surface area (TPSA) is 21.6 Å². The predicted molar refractivity (Wildman–Crippen MR) is 106 cm³/mol. The van der Waals surface area contributed by atoms with Gasteiger partial charge >= 0.3 is 0 Å². The number of thiophene rings is 1. The standard InChI is InChI=1S/C21H18ClNOS/c1-14-2-6-16(7-3-14)24-17-8-4-15(5-9-17)19-10-11-20(23-19)21-18(22)12-13-25-21/h2-9,12-13,19H,10-11H2,1H3. The van der Waals surface area contributed by atoms with Crippen molar-refractivity contribution < 1.29 is 4.74 Å². The molecule has 2 nitrogen and oxygen atoms in total. The van der Waals surface area contributed by atoms with Crippen LogP contribution in [0.2, 0.25) is 5.02 Å². The normalized spacial score (nSPS) is 16.7. The van der Waals surface area contributed by atoms with Gasteiger partial charge in [0.1, 0.15) is 11.5 Å². The summed E-state index contributed by atoms with van der Waals surface area (Å²) in [5, 5.41) is 2.83. The first-order valence-electron chi connectivity index (χ1n) is 8.33. The monoisotopic (exact) mass is 367 g/mol. The number of benzene rings is 2. The predicted octanol–water partition coefficient (Wildman–Crippen LogP) is 6.83. The smallest absolute Gasteiger partial charge is 0.127 e. The summed E-state index contributed by atoms with van der Waals surface area (Å²) >= 11 is 7.90. The van der Waals surface area contributed by atoms with E-state index in [0.717, 1.165) is 40.0 Å². The SMILES string of the molecule is Cc1ccc(Oc2ccc(C3CCC(c4sccc4Cl)=N3)cc2)cc1. The Morgan fingerprint density at radius 1 is 1.00 bits per heavy atom. The highest BCUT2D eigenvalue weighted by molar-refractivity contribution is 7.12. The Kier molecular flexibility index (Phi) is 4.60. The van der Waals surface area contributed by atoms with Gasteiger partial charge < -0.3 is 4.74 Å². The highest BCUT2D eigenvalue weighted by Crippen LogP contribution is 2.35. The Morgan fingerprint density at radius 3 is 2.32 bits per heavy atom. The molecule has 1 aliphatic rings. The third-order valence-electron chi connectivity index (χ3n) is 4.37. The minimum Gasteiger partial charge on any atom is -0.457 e. The van der Waals surface area contributed by atoms with Crippen LogP contribution < -0.4 is 4.74 Å². The Morgan fingerprint density at radius 2 is 1.68 bits per heavy atom. The molecular weight excluding hydrogens is 350 g/mol. The number of halogens is 1. The van der Waals surface area contributed by atoms with Gasteiger partial charge in [-0.05, 0) is 61.0 Å². The Bertz CT molecular complexity index is 896. The Hall–Kier alpha value is -2.10. The Labute approximate surface area is 156 Å². The van der Waals surface area contributed by atoms with Gasteiger partial charge in [-0.2, -0.15) is 0 Å². The zero-order valence-electron chi connectivity index (χ0n) is 13.9. The molecule has 2 heterocycles. The maximum Gasteiger partial charge on any atom is 0.127 e. The highest BCUT2D eigenvalue weighted by atomic mass is 35.5. The minimum absolute atomic E-state index is 0.210. The molecule has 0 saturated heterocycles. The first kappa shape index (κ1) is 16.4. The van der Waals surface area contributed by atoms with Gasteiger partial charge in [0, 0.05) is 0 Å². The van der Waals surface area contributed by atoms with Gasteiger partial charge in [0.15, 0.2) is 0 Å². The quantitative estimate of drug-likeness (QED) is 0.495. The molecule has 25 heavy (non-hydrogen) atoms. The van der Waals surface area contributed by atoms with E-state index in [-0.39, 0.29) is 6.04 Å². The van der Waals surface area contributed by atoms with Crippen LogP contribution in [-0.2, 0) is 0 Å². The molecule has 1 atom stereocenters. The van der Waals surface area contributed by atoms with Gasteiger partial charge in [0.05, 0.1) is 21.7 Å². The highest BCUT2D eigenvalue weighted by Gasteiger charge is 2.22. The van der Waals surface area contributed by atoms with E-state index in [1.165, 1.54) is 11.1 Å². The number of rotatable bonds is 4. The van der Waals surface area contributed by atoms with Crippen LogP contribution in [0.25, 0.3) is 0 Å². The molecule has 0 saturated carbocycles. The molecule has 3 aromatic rings. The Balaban J connectivity index is 1.48. The summed E-state index contributed by atoms with van der Waals surface area (Å²) in [6.07, 6.45) is 2.01. The third kappa shape index (κ3) is 3.63. The van der Waals surface area contributed by atoms with E-state index in [9.17, 15) is 0 Å². The summed E-state index contributed by atoms with van der Waals surface area (Å²) in [6.45, 7) is 2.07. The van der Waals surface area contributed by atoms with E-state index in [4.69, 9.17) is 21.3 Å².